The minimum atomic E-state index is -0.516. The lowest BCUT2D eigenvalue weighted by atomic mass is 10.2. The van der Waals surface area contributed by atoms with Crippen LogP contribution in [0.25, 0.3) is 0 Å². The second-order valence-corrected chi connectivity index (χ2v) is 4.05. The van der Waals surface area contributed by atoms with Crippen LogP contribution >= 0.6 is 0 Å². The Bertz CT molecular complexity index is 418. The van der Waals surface area contributed by atoms with Gasteiger partial charge in [-0.3, -0.25) is 4.79 Å². The summed E-state index contributed by atoms with van der Waals surface area (Å²) in [5.74, 6) is -0.666. The number of esters is 1. The van der Waals surface area contributed by atoms with E-state index < -0.39 is 6.04 Å². The molecule has 1 aliphatic heterocycles. The van der Waals surface area contributed by atoms with Crippen molar-refractivity contribution in [1.82, 2.24) is 5.32 Å². The molecule has 1 saturated heterocycles. The van der Waals surface area contributed by atoms with Crippen molar-refractivity contribution in [3.05, 3.63) is 35.9 Å². The molecule has 1 heterocycles. The average Bonchev–Trinajstić information content (AvgIpc) is 2.76. The molecule has 0 aromatic heterocycles. The van der Waals surface area contributed by atoms with Gasteiger partial charge in [-0.15, -0.1) is 0 Å². The lowest BCUT2D eigenvalue weighted by molar-refractivity contribution is -0.142. The van der Waals surface area contributed by atoms with Crippen molar-refractivity contribution in [2.45, 2.75) is 19.1 Å². The van der Waals surface area contributed by atoms with E-state index in [-0.39, 0.29) is 18.5 Å². The number of hydrogen-bond donors (Lipinski definition) is 1. The van der Waals surface area contributed by atoms with Gasteiger partial charge in [0, 0.05) is 6.42 Å². The molecule has 0 aliphatic carbocycles. The van der Waals surface area contributed by atoms with E-state index in [0.29, 0.717) is 19.6 Å². The molecule has 0 radical (unpaired) electrons. The van der Waals surface area contributed by atoms with Gasteiger partial charge in [0.1, 0.15) is 12.6 Å². The number of carbonyl (C=O) groups excluding carboxylic acids is 2. The number of hydrogen-bond acceptors (Lipinski definition) is 4. The lowest BCUT2D eigenvalue weighted by Gasteiger charge is -2.09. The first-order valence-corrected chi connectivity index (χ1v) is 5.83. The number of benzene rings is 1. The number of amides is 1. The van der Waals surface area contributed by atoms with Crippen molar-refractivity contribution in [3.8, 4) is 0 Å². The maximum Gasteiger partial charge on any atom is 0.328 e. The van der Waals surface area contributed by atoms with E-state index in [0.717, 1.165) is 5.56 Å². The summed E-state index contributed by atoms with van der Waals surface area (Å²) < 4.78 is 10.0. The molecular weight excluding hydrogens is 234 g/mol. The fourth-order valence-electron chi connectivity index (χ4n) is 1.70. The lowest BCUT2D eigenvalue weighted by Crippen LogP contribution is -2.39. The summed E-state index contributed by atoms with van der Waals surface area (Å²) in [5.41, 5.74) is 1.01. The number of cyclic esters (lactones) is 1. The predicted molar refractivity (Wildman–Crippen MR) is 63.6 cm³/mol. The third-order valence-electron chi connectivity index (χ3n) is 2.62. The van der Waals surface area contributed by atoms with Crippen LogP contribution in [0.15, 0.2) is 30.3 Å². The van der Waals surface area contributed by atoms with Gasteiger partial charge in [-0.05, 0) is 5.56 Å². The summed E-state index contributed by atoms with van der Waals surface area (Å²) in [6, 6.07) is 9.07. The summed E-state index contributed by atoms with van der Waals surface area (Å²) >= 11 is 0. The van der Waals surface area contributed by atoms with E-state index in [1.807, 2.05) is 30.3 Å². The van der Waals surface area contributed by atoms with Gasteiger partial charge < -0.3 is 14.8 Å². The first-order valence-electron chi connectivity index (χ1n) is 5.83. The van der Waals surface area contributed by atoms with Crippen LogP contribution in [0.3, 0.4) is 0 Å². The molecule has 5 heteroatoms. The Morgan fingerprint density at radius 2 is 2.17 bits per heavy atom. The fraction of sp³-hybridized carbons (Fsp3) is 0.385. The van der Waals surface area contributed by atoms with Gasteiger partial charge in [0.25, 0.3) is 0 Å². The Morgan fingerprint density at radius 1 is 1.39 bits per heavy atom. The molecular formula is C13H15NO4. The highest BCUT2D eigenvalue weighted by Gasteiger charge is 2.27. The van der Waals surface area contributed by atoms with E-state index in [4.69, 9.17) is 9.47 Å². The van der Waals surface area contributed by atoms with Gasteiger partial charge in [0.05, 0.1) is 13.2 Å². The first-order chi connectivity index (χ1) is 8.75. The molecule has 1 N–H and O–H groups in total. The molecule has 1 fully saturated rings. The second kappa shape index (κ2) is 6.16. The molecule has 96 valence electrons. The summed E-state index contributed by atoms with van der Waals surface area (Å²) in [6.07, 6.45) is 0.531. The van der Waals surface area contributed by atoms with Gasteiger partial charge in [-0.2, -0.15) is 0 Å². The van der Waals surface area contributed by atoms with E-state index in [2.05, 4.69) is 5.32 Å². The third-order valence-corrected chi connectivity index (χ3v) is 2.62. The zero-order chi connectivity index (χ0) is 12.8. The van der Waals surface area contributed by atoms with Gasteiger partial charge in [-0.1, -0.05) is 30.3 Å². The third kappa shape index (κ3) is 3.56. The second-order valence-electron chi connectivity index (χ2n) is 4.05. The maximum absolute atomic E-state index is 11.5. The number of carbonyl (C=O) groups is 2. The smallest absolute Gasteiger partial charge is 0.328 e. The molecule has 1 amide bonds. The molecule has 0 bridgehead atoms. The Hall–Kier alpha value is -1.88. The Balaban J connectivity index is 1.67. The molecule has 0 saturated carbocycles. The quantitative estimate of drug-likeness (QED) is 0.778. The topological polar surface area (TPSA) is 64.6 Å². The Morgan fingerprint density at radius 3 is 2.83 bits per heavy atom. The van der Waals surface area contributed by atoms with Crippen LogP contribution in [0.5, 0.6) is 0 Å². The molecule has 18 heavy (non-hydrogen) atoms. The summed E-state index contributed by atoms with van der Waals surface area (Å²) in [4.78, 5) is 22.6. The molecule has 0 spiro atoms. The Kier molecular flexibility index (Phi) is 4.30. The maximum atomic E-state index is 11.5. The monoisotopic (exact) mass is 249 g/mol. The zero-order valence-corrected chi connectivity index (χ0v) is 9.93. The van der Waals surface area contributed by atoms with Gasteiger partial charge in [0.15, 0.2) is 0 Å². The first kappa shape index (κ1) is 12.6. The molecule has 1 aromatic carbocycles. The van der Waals surface area contributed by atoms with Crippen LogP contribution in [0, 0.1) is 0 Å². The van der Waals surface area contributed by atoms with Crippen LogP contribution in [0.4, 0.5) is 0 Å². The van der Waals surface area contributed by atoms with Crippen molar-refractivity contribution < 1.29 is 19.1 Å². The van der Waals surface area contributed by atoms with Crippen LogP contribution in [0.1, 0.15) is 12.0 Å². The average molecular weight is 249 g/mol. The van der Waals surface area contributed by atoms with Crippen molar-refractivity contribution in [2.24, 2.45) is 0 Å². The molecule has 2 rings (SSSR count). The van der Waals surface area contributed by atoms with Gasteiger partial charge in [0.2, 0.25) is 5.91 Å². The molecule has 0 unspecified atom stereocenters. The Labute approximate surface area is 105 Å². The number of nitrogens with one attached hydrogen (secondary N) is 1. The SMILES string of the molecule is O=C(COCc1ccccc1)N[C@H]1CCOC1=O. The minimum absolute atomic E-state index is 0.0569. The fourth-order valence-corrected chi connectivity index (χ4v) is 1.70. The highest BCUT2D eigenvalue weighted by atomic mass is 16.5. The van der Waals surface area contributed by atoms with Crippen LogP contribution in [-0.2, 0) is 25.7 Å². The summed E-state index contributed by atoms with van der Waals surface area (Å²) in [5, 5.41) is 2.58. The standard InChI is InChI=1S/C13H15NO4/c15-12(14-11-6-7-18-13(11)16)9-17-8-10-4-2-1-3-5-10/h1-5,11H,6-9H2,(H,14,15)/t11-/m0/s1. The van der Waals surface area contributed by atoms with Crippen molar-refractivity contribution in [2.75, 3.05) is 13.2 Å². The molecule has 1 aromatic rings. The van der Waals surface area contributed by atoms with E-state index in [1.54, 1.807) is 0 Å². The summed E-state index contributed by atoms with van der Waals surface area (Å²) in [6.45, 7) is 0.691. The highest BCUT2D eigenvalue weighted by molar-refractivity contribution is 5.85. The van der Waals surface area contributed by atoms with E-state index in [9.17, 15) is 9.59 Å². The van der Waals surface area contributed by atoms with Crippen LogP contribution in [0.2, 0.25) is 0 Å². The van der Waals surface area contributed by atoms with Crippen LogP contribution < -0.4 is 5.32 Å². The summed E-state index contributed by atoms with van der Waals surface area (Å²) in [7, 11) is 0. The molecule has 1 atom stereocenters. The van der Waals surface area contributed by atoms with Gasteiger partial charge >= 0.3 is 5.97 Å². The minimum Gasteiger partial charge on any atom is -0.464 e. The largest absolute Gasteiger partial charge is 0.464 e. The zero-order valence-electron chi connectivity index (χ0n) is 9.93. The predicted octanol–water partition coefficient (Wildman–Crippen LogP) is 0.635. The van der Waals surface area contributed by atoms with Crippen molar-refractivity contribution >= 4 is 11.9 Å². The van der Waals surface area contributed by atoms with E-state index in [1.165, 1.54) is 0 Å². The normalized spacial score (nSPS) is 18.4. The molecule has 5 nitrogen and oxygen atoms in total. The molecule has 1 aliphatic rings. The van der Waals surface area contributed by atoms with Crippen molar-refractivity contribution in [3.63, 3.8) is 0 Å². The highest BCUT2D eigenvalue weighted by Crippen LogP contribution is 2.05. The van der Waals surface area contributed by atoms with Crippen LogP contribution in [-0.4, -0.2) is 31.1 Å². The number of rotatable bonds is 5. The number of ether oxygens (including phenoxy) is 2. The van der Waals surface area contributed by atoms with Crippen molar-refractivity contribution in [1.29, 1.82) is 0 Å². The van der Waals surface area contributed by atoms with Gasteiger partial charge in [-0.25, -0.2) is 4.79 Å². The van der Waals surface area contributed by atoms with E-state index >= 15 is 0 Å².